The normalized spacial score (nSPS) is 21.2. The van der Waals surface area contributed by atoms with Crippen LogP contribution in [0.15, 0.2) is 35.8 Å². The second-order valence-electron chi connectivity index (χ2n) is 8.22. The van der Waals surface area contributed by atoms with Gasteiger partial charge in [-0.3, -0.25) is 4.90 Å². The van der Waals surface area contributed by atoms with E-state index in [1.807, 2.05) is 35.7 Å². The second kappa shape index (κ2) is 13.1. The fraction of sp³-hybridized carbons (Fsp3) is 0.500. The summed E-state index contributed by atoms with van der Waals surface area (Å²) in [5.41, 5.74) is 1.42. The maximum absolute atomic E-state index is 10.6. The molecule has 4 heterocycles. The third-order valence-electron chi connectivity index (χ3n) is 5.55. The first-order valence-corrected chi connectivity index (χ1v) is 11.7. The average Bonchev–Trinajstić information content (AvgIpc) is 3.49. The Morgan fingerprint density at radius 2 is 1.73 bits per heavy atom. The van der Waals surface area contributed by atoms with Crippen molar-refractivity contribution in [3.63, 3.8) is 0 Å². The number of nitrogens with one attached hydrogen (secondary N) is 1. The van der Waals surface area contributed by atoms with Gasteiger partial charge < -0.3 is 20.3 Å². The first-order valence-electron chi connectivity index (χ1n) is 10.8. The Morgan fingerprint density at radius 3 is 2.22 bits per heavy atom. The van der Waals surface area contributed by atoms with E-state index in [0.717, 1.165) is 38.6 Å². The number of carboxylic acids is 2. The van der Waals surface area contributed by atoms with E-state index in [0.29, 0.717) is 17.9 Å². The summed E-state index contributed by atoms with van der Waals surface area (Å²) in [6.45, 7) is 7.32. The van der Waals surface area contributed by atoms with Crippen LogP contribution in [-0.4, -0.2) is 76.7 Å². The van der Waals surface area contributed by atoms with Crippen molar-refractivity contribution >= 4 is 29.1 Å². The summed E-state index contributed by atoms with van der Waals surface area (Å²) in [5, 5.41) is 19.9. The van der Waals surface area contributed by atoms with Crippen molar-refractivity contribution in [2.24, 2.45) is 11.8 Å². The SMILES string of the molecule is Cc1ccsc1CN1C[C@@H]2[C@H](CNc3ccccn3)CO[C@@H]2C1.O=C(O)C(F)(F)F.O=C(O)C(F)(F)F. The number of hydrogen-bond acceptors (Lipinski definition) is 7. The van der Waals surface area contributed by atoms with E-state index < -0.39 is 24.3 Å². The van der Waals surface area contributed by atoms with Crippen molar-refractivity contribution in [1.82, 2.24) is 9.88 Å². The molecule has 15 heteroatoms. The van der Waals surface area contributed by atoms with Crippen molar-refractivity contribution < 1.29 is 50.9 Å². The summed E-state index contributed by atoms with van der Waals surface area (Å²) in [7, 11) is 0. The highest BCUT2D eigenvalue weighted by atomic mass is 32.1. The molecule has 0 aromatic carbocycles. The highest BCUT2D eigenvalue weighted by Gasteiger charge is 2.43. The number of halogens is 6. The Bertz CT molecular complexity index is 994. The van der Waals surface area contributed by atoms with E-state index in [9.17, 15) is 26.3 Å². The van der Waals surface area contributed by atoms with E-state index in [4.69, 9.17) is 24.5 Å². The van der Waals surface area contributed by atoms with Gasteiger partial charge in [0.15, 0.2) is 0 Å². The molecule has 2 fully saturated rings. The van der Waals surface area contributed by atoms with Crippen LogP contribution in [0.3, 0.4) is 0 Å². The fourth-order valence-electron chi connectivity index (χ4n) is 3.69. The largest absolute Gasteiger partial charge is 0.490 e. The Labute approximate surface area is 211 Å². The number of aliphatic carboxylic acids is 2. The molecule has 37 heavy (non-hydrogen) atoms. The molecule has 2 aromatic heterocycles. The molecule has 4 rings (SSSR count). The minimum absolute atomic E-state index is 0.408. The Hall–Kier alpha value is -2.91. The molecule has 0 aliphatic carbocycles. The van der Waals surface area contributed by atoms with E-state index >= 15 is 0 Å². The number of carboxylic acid groups (broad SMARTS) is 2. The molecule has 0 amide bonds. The number of thiophene rings is 1. The zero-order valence-corrected chi connectivity index (χ0v) is 20.2. The zero-order valence-electron chi connectivity index (χ0n) is 19.4. The predicted octanol–water partition coefficient (Wildman–Crippen LogP) is 4.28. The Morgan fingerprint density at radius 1 is 1.11 bits per heavy atom. The van der Waals surface area contributed by atoms with Crippen LogP contribution in [0.1, 0.15) is 10.4 Å². The van der Waals surface area contributed by atoms with Gasteiger partial charge in [0, 0.05) is 49.1 Å². The van der Waals surface area contributed by atoms with Gasteiger partial charge in [0.2, 0.25) is 0 Å². The van der Waals surface area contributed by atoms with Gasteiger partial charge in [0.1, 0.15) is 5.82 Å². The number of fused-ring (bicyclic) bond motifs is 1. The number of rotatable bonds is 5. The summed E-state index contributed by atoms with van der Waals surface area (Å²) in [4.78, 5) is 26.2. The molecular weight excluding hydrogens is 532 g/mol. The van der Waals surface area contributed by atoms with Crippen LogP contribution >= 0.6 is 11.3 Å². The first kappa shape index (κ1) is 30.3. The zero-order chi connectivity index (χ0) is 27.8. The van der Waals surface area contributed by atoms with E-state index in [1.165, 1.54) is 10.4 Å². The third-order valence-corrected chi connectivity index (χ3v) is 6.55. The van der Waals surface area contributed by atoms with Crippen molar-refractivity contribution in [3.8, 4) is 0 Å². The number of hydrogen-bond donors (Lipinski definition) is 3. The lowest BCUT2D eigenvalue weighted by molar-refractivity contribution is -0.193. The molecule has 2 saturated heterocycles. The van der Waals surface area contributed by atoms with Gasteiger partial charge >= 0.3 is 24.3 Å². The van der Waals surface area contributed by atoms with Crippen LogP contribution in [0.2, 0.25) is 0 Å². The Balaban J connectivity index is 0.000000286. The Kier molecular flexibility index (Phi) is 10.7. The van der Waals surface area contributed by atoms with Crippen LogP contribution in [0.25, 0.3) is 0 Å². The lowest BCUT2D eigenvalue weighted by Crippen LogP contribution is -2.27. The van der Waals surface area contributed by atoms with Crippen LogP contribution < -0.4 is 5.32 Å². The minimum Gasteiger partial charge on any atom is -0.475 e. The summed E-state index contributed by atoms with van der Waals surface area (Å²) in [5.74, 6) is -3.33. The number of carbonyl (C=O) groups is 2. The molecule has 2 aromatic rings. The predicted molar refractivity (Wildman–Crippen MR) is 121 cm³/mol. The second-order valence-corrected chi connectivity index (χ2v) is 9.22. The number of anilines is 1. The van der Waals surface area contributed by atoms with Crippen molar-refractivity contribution in [1.29, 1.82) is 0 Å². The number of aromatic nitrogens is 1. The van der Waals surface area contributed by atoms with Gasteiger partial charge in [-0.25, -0.2) is 14.6 Å². The lowest BCUT2D eigenvalue weighted by Gasteiger charge is -2.20. The summed E-state index contributed by atoms with van der Waals surface area (Å²) in [6, 6.07) is 8.20. The van der Waals surface area contributed by atoms with Crippen LogP contribution in [0.5, 0.6) is 0 Å². The summed E-state index contributed by atoms with van der Waals surface area (Å²) in [6.07, 6.45) is -7.93. The highest BCUT2D eigenvalue weighted by molar-refractivity contribution is 7.10. The third kappa shape index (κ3) is 9.81. The summed E-state index contributed by atoms with van der Waals surface area (Å²) < 4.78 is 69.5. The van der Waals surface area contributed by atoms with E-state index in [-0.39, 0.29) is 0 Å². The monoisotopic (exact) mass is 557 g/mol. The minimum atomic E-state index is -5.08. The molecule has 0 saturated carbocycles. The number of nitrogens with zero attached hydrogens (tertiary/aromatic N) is 2. The van der Waals surface area contributed by atoms with Gasteiger partial charge in [-0.2, -0.15) is 26.3 Å². The van der Waals surface area contributed by atoms with Gasteiger partial charge in [-0.05, 0) is 36.1 Å². The van der Waals surface area contributed by atoms with Gasteiger partial charge in [-0.15, -0.1) is 11.3 Å². The highest BCUT2D eigenvalue weighted by Crippen LogP contribution is 2.35. The molecule has 0 spiro atoms. The van der Waals surface area contributed by atoms with Crippen molar-refractivity contribution in [2.75, 3.05) is 31.6 Å². The topological polar surface area (TPSA) is 112 Å². The van der Waals surface area contributed by atoms with Crippen molar-refractivity contribution in [2.45, 2.75) is 31.9 Å². The maximum atomic E-state index is 10.6. The summed E-state index contributed by atoms with van der Waals surface area (Å²) >= 11 is 1.87. The number of pyridine rings is 1. The molecule has 3 atom stereocenters. The van der Waals surface area contributed by atoms with Crippen molar-refractivity contribution in [3.05, 3.63) is 46.3 Å². The molecule has 0 bridgehead atoms. The molecular formula is C22H25F6N3O5S. The number of ether oxygens (including phenoxy) is 1. The van der Waals surface area contributed by atoms with Gasteiger partial charge in [0.25, 0.3) is 0 Å². The van der Waals surface area contributed by atoms with E-state index in [1.54, 1.807) is 0 Å². The number of alkyl halides is 6. The molecule has 0 radical (unpaired) electrons. The molecule has 206 valence electrons. The van der Waals surface area contributed by atoms with Crippen LogP contribution in [0, 0.1) is 18.8 Å². The quantitative estimate of drug-likeness (QED) is 0.468. The van der Waals surface area contributed by atoms with Gasteiger partial charge in [0.05, 0.1) is 12.7 Å². The van der Waals surface area contributed by atoms with Crippen LogP contribution in [0.4, 0.5) is 32.2 Å². The smallest absolute Gasteiger partial charge is 0.475 e. The van der Waals surface area contributed by atoms with E-state index in [2.05, 4.69) is 33.6 Å². The standard InChI is InChI=1S/C18H23N3OS.2C2HF3O2/c1-13-5-7-23-17(13)11-21-9-15-14(12-22-16(15)10-21)8-20-18-4-2-3-6-19-18;2*3-2(4,5)1(6)7/h2-7,14-16H,8-12H2,1H3,(H,19,20);2*(H,6,7)/t14-,15-,16-;;/m1../s1. The fourth-order valence-corrected chi connectivity index (χ4v) is 4.64. The van der Waals surface area contributed by atoms with Crippen LogP contribution in [-0.2, 0) is 20.9 Å². The number of aryl methyl sites for hydroxylation is 1. The molecule has 0 unspecified atom stereocenters. The average molecular weight is 558 g/mol. The molecule has 2 aliphatic heterocycles. The number of likely N-dealkylation sites (tertiary alicyclic amines) is 1. The molecule has 2 aliphatic rings. The molecule has 3 N–H and O–H groups in total. The van der Waals surface area contributed by atoms with Gasteiger partial charge in [-0.1, -0.05) is 6.07 Å². The lowest BCUT2D eigenvalue weighted by atomic mass is 9.93. The maximum Gasteiger partial charge on any atom is 0.490 e. The first-order chi connectivity index (χ1) is 17.2. The molecule has 8 nitrogen and oxygen atoms in total.